The molecule has 0 fully saturated rings. The lowest BCUT2D eigenvalue weighted by molar-refractivity contribution is 1.11. The van der Waals surface area contributed by atoms with Gasteiger partial charge in [0.1, 0.15) is 5.69 Å². The molecule has 3 heterocycles. The van der Waals surface area contributed by atoms with E-state index >= 15 is 0 Å². The lowest BCUT2D eigenvalue weighted by atomic mass is 9.98. The number of hydrogen-bond acceptors (Lipinski definition) is 3. The Bertz CT molecular complexity index is 1230. The van der Waals surface area contributed by atoms with Crippen LogP contribution >= 0.6 is 0 Å². The first-order chi connectivity index (χ1) is 12.7. The molecule has 5 heteroatoms. The van der Waals surface area contributed by atoms with Gasteiger partial charge in [-0.25, -0.2) is 4.98 Å². The van der Waals surface area contributed by atoms with E-state index in [2.05, 4.69) is 57.2 Å². The molecule has 5 rings (SSSR count). The molecule has 0 aliphatic heterocycles. The molecular formula is C21H17N5. The second-order valence-corrected chi connectivity index (χ2v) is 6.56. The van der Waals surface area contributed by atoms with Crippen LogP contribution in [0.1, 0.15) is 11.1 Å². The average molecular weight is 339 g/mol. The molecule has 26 heavy (non-hydrogen) atoms. The molecule has 0 aliphatic carbocycles. The van der Waals surface area contributed by atoms with Gasteiger partial charge in [0.2, 0.25) is 0 Å². The Balaban J connectivity index is 1.71. The quantitative estimate of drug-likeness (QED) is 0.486. The molecule has 0 saturated heterocycles. The third-order valence-corrected chi connectivity index (χ3v) is 4.95. The Kier molecular flexibility index (Phi) is 3.15. The second kappa shape index (κ2) is 5.52. The maximum Gasteiger partial charge on any atom is 0.159 e. The third-order valence-electron chi connectivity index (χ3n) is 4.95. The minimum atomic E-state index is 0.772. The van der Waals surface area contributed by atoms with Gasteiger partial charge < -0.3 is 4.98 Å². The van der Waals surface area contributed by atoms with Crippen LogP contribution in [0.25, 0.3) is 44.6 Å². The summed E-state index contributed by atoms with van der Waals surface area (Å²) in [6.45, 7) is 4.22. The molecule has 5 aromatic rings. The van der Waals surface area contributed by atoms with Gasteiger partial charge in [-0.1, -0.05) is 18.2 Å². The molecule has 0 radical (unpaired) electrons. The number of para-hydroxylation sites is 2. The van der Waals surface area contributed by atoms with Gasteiger partial charge in [0, 0.05) is 23.3 Å². The van der Waals surface area contributed by atoms with Crippen LogP contribution in [-0.2, 0) is 0 Å². The first-order valence-corrected chi connectivity index (χ1v) is 8.55. The predicted molar refractivity (Wildman–Crippen MR) is 104 cm³/mol. The van der Waals surface area contributed by atoms with Crippen molar-refractivity contribution in [3.8, 4) is 22.6 Å². The summed E-state index contributed by atoms with van der Waals surface area (Å²) in [5.41, 5.74) is 8.47. The highest BCUT2D eigenvalue weighted by Gasteiger charge is 2.14. The van der Waals surface area contributed by atoms with E-state index in [1.807, 2.05) is 36.7 Å². The Morgan fingerprint density at radius 1 is 0.923 bits per heavy atom. The number of imidazole rings is 1. The number of pyridine rings is 1. The number of H-pyrrole nitrogens is 2. The summed E-state index contributed by atoms with van der Waals surface area (Å²) in [7, 11) is 0. The van der Waals surface area contributed by atoms with E-state index < -0.39 is 0 Å². The summed E-state index contributed by atoms with van der Waals surface area (Å²) >= 11 is 0. The van der Waals surface area contributed by atoms with Crippen molar-refractivity contribution in [3.63, 3.8) is 0 Å². The Labute approximate surface area is 150 Å². The van der Waals surface area contributed by atoms with Crippen molar-refractivity contribution < 1.29 is 0 Å². The lowest BCUT2D eigenvalue weighted by Gasteiger charge is -2.08. The number of rotatable bonds is 2. The van der Waals surface area contributed by atoms with Crippen molar-refractivity contribution in [1.29, 1.82) is 0 Å². The number of aryl methyl sites for hydroxylation is 1. The van der Waals surface area contributed by atoms with Crippen LogP contribution in [0.2, 0.25) is 0 Å². The molecule has 3 aromatic heterocycles. The zero-order valence-electron chi connectivity index (χ0n) is 14.5. The molecule has 0 saturated carbocycles. The molecule has 5 nitrogen and oxygen atoms in total. The fourth-order valence-electron chi connectivity index (χ4n) is 3.35. The van der Waals surface area contributed by atoms with Crippen molar-refractivity contribution >= 4 is 21.9 Å². The number of aromatic amines is 2. The summed E-state index contributed by atoms with van der Waals surface area (Å²) in [5, 5.41) is 8.66. The zero-order valence-corrected chi connectivity index (χ0v) is 14.5. The first kappa shape index (κ1) is 14.8. The monoisotopic (exact) mass is 339 g/mol. The van der Waals surface area contributed by atoms with Crippen LogP contribution < -0.4 is 0 Å². The van der Waals surface area contributed by atoms with Gasteiger partial charge in [0.15, 0.2) is 5.82 Å². The fraction of sp³-hybridized carbons (Fsp3) is 0.0952. The van der Waals surface area contributed by atoms with Crippen molar-refractivity contribution in [2.75, 3.05) is 0 Å². The van der Waals surface area contributed by atoms with Crippen molar-refractivity contribution in [2.24, 2.45) is 0 Å². The highest BCUT2D eigenvalue weighted by Crippen LogP contribution is 2.31. The largest absolute Gasteiger partial charge is 0.337 e. The summed E-state index contributed by atoms with van der Waals surface area (Å²) in [4.78, 5) is 12.4. The predicted octanol–water partition coefficient (Wildman–Crippen LogP) is 4.79. The first-order valence-electron chi connectivity index (χ1n) is 8.55. The Morgan fingerprint density at radius 3 is 2.69 bits per heavy atom. The van der Waals surface area contributed by atoms with Crippen LogP contribution in [0.15, 0.2) is 54.9 Å². The molecule has 0 spiro atoms. The van der Waals surface area contributed by atoms with Crippen molar-refractivity contribution in [3.05, 3.63) is 66.0 Å². The summed E-state index contributed by atoms with van der Waals surface area (Å²) in [6, 6.07) is 14.3. The summed E-state index contributed by atoms with van der Waals surface area (Å²) in [5.74, 6) is 0.772. The highest BCUT2D eigenvalue weighted by molar-refractivity contribution is 5.95. The smallest absolute Gasteiger partial charge is 0.159 e. The van der Waals surface area contributed by atoms with Gasteiger partial charge in [0.05, 0.1) is 16.6 Å². The molecule has 0 aliphatic rings. The van der Waals surface area contributed by atoms with E-state index in [1.165, 1.54) is 11.1 Å². The van der Waals surface area contributed by atoms with E-state index in [0.29, 0.717) is 0 Å². The molecular weight excluding hydrogens is 322 g/mol. The topological polar surface area (TPSA) is 70.2 Å². The molecule has 0 unspecified atom stereocenters. The highest BCUT2D eigenvalue weighted by atomic mass is 15.1. The van der Waals surface area contributed by atoms with Gasteiger partial charge in [0.25, 0.3) is 0 Å². The molecule has 0 amide bonds. The summed E-state index contributed by atoms with van der Waals surface area (Å²) < 4.78 is 0. The third kappa shape index (κ3) is 2.21. The van der Waals surface area contributed by atoms with Crippen LogP contribution in [0.3, 0.4) is 0 Å². The number of benzene rings is 2. The number of nitrogens with zero attached hydrogens (tertiary/aromatic N) is 3. The minimum absolute atomic E-state index is 0.772. The van der Waals surface area contributed by atoms with Gasteiger partial charge in [-0.15, -0.1) is 0 Å². The van der Waals surface area contributed by atoms with E-state index in [1.54, 1.807) is 0 Å². The Morgan fingerprint density at radius 2 is 1.81 bits per heavy atom. The van der Waals surface area contributed by atoms with Crippen LogP contribution in [0.5, 0.6) is 0 Å². The van der Waals surface area contributed by atoms with E-state index in [-0.39, 0.29) is 0 Å². The van der Waals surface area contributed by atoms with Crippen LogP contribution in [0, 0.1) is 13.8 Å². The lowest BCUT2D eigenvalue weighted by Crippen LogP contribution is -1.89. The maximum atomic E-state index is 4.69. The van der Waals surface area contributed by atoms with Crippen molar-refractivity contribution in [1.82, 2.24) is 25.1 Å². The average Bonchev–Trinajstić information content (AvgIpc) is 3.26. The second-order valence-electron chi connectivity index (χ2n) is 6.56. The zero-order chi connectivity index (χ0) is 17.7. The van der Waals surface area contributed by atoms with Crippen molar-refractivity contribution in [2.45, 2.75) is 13.8 Å². The number of aromatic nitrogens is 5. The number of hydrogen-bond donors (Lipinski definition) is 2. The molecule has 2 N–H and O–H groups in total. The molecule has 2 aromatic carbocycles. The standard InChI is InChI=1S/C21H17N5/c1-12-10-22-11-16(13(12)2)14-7-8-17-15(9-14)20(26-25-17)21-23-18-5-3-4-6-19(18)24-21/h3-11H,1-2H3,(H,23,24)(H,25,26). The molecule has 126 valence electrons. The van der Waals surface area contributed by atoms with Gasteiger partial charge >= 0.3 is 0 Å². The van der Waals surface area contributed by atoms with E-state index in [0.717, 1.165) is 44.6 Å². The molecule has 0 bridgehead atoms. The number of nitrogens with one attached hydrogen (secondary N) is 2. The normalized spacial score (nSPS) is 11.5. The minimum Gasteiger partial charge on any atom is -0.337 e. The van der Waals surface area contributed by atoms with E-state index in [4.69, 9.17) is 0 Å². The van der Waals surface area contributed by atoms with Gasteiger partial charge in [-0.05, 0) is 54.8 Å². The maximum absolute atomic E-state index is 4.69. The van der Waals surface area contributed by atoms with Gasteiger partial charge in [-0.2, -0.15) is 5.10 Å². The van der Waals surface area contributed by atoms with Crippen LogP contribution in [0.4, 0.5) is 0 Å². The fourth-order valence-corrected chi connectivity index (χ4v) is 3.35. The van der Waals surface area contributed by atoms with E-state index in [9.17, 15) is 0 Å². The van der Waals surface area contributed by atoms with Gasteiger partial charge in [-0.3, -0.25) is 10.1 Å². The summed E-state index contributed by atoms with van der Waals surface area (Å²) in [6.07, 6.45) is 3.82. The molecule has 0 atom stereocenters. The number of fused-ring (bicyclic) bond motifs is 2. The SMILES string of the molecule is Cc1cncc(-c2ccc3[nH]nc(-c4nc5ccccc5[nH]4)c3c2)c1C. The Hall–Kier alpha value is -3.47. The van der Waals surface area contributed by atoms with Crippen LogP contribution in [-0.4, -0.2) is 25.1 Å².